The normalized spacial score (nSPS) is 17.8. The zero-order chi connectivity index (χ0) is 23.4. The fourth-order valence-corrected chi connectivity index (χ4v) is 3.84. The lowest BCUT2D eigenvalue weighted by atomic mass is 9.94. The third-order valence-corrected chi connectivity index (χ3v) is 5.37. The largest absolute Gasteiger partial charge is 0.507 e. The molecule has 1 heterocycles. The molecule has 1 atom stereocenters. The van der Waals surface area contributed by atoms with Crippen LogP contribution < -0.4 is 9.47 Å². The van der Waals surface area contributed by atoms with Crippen LogP contribution in [-0.2, 0) is 9.59 Å². The van der Waals surface area contributed by atoms with Crippen LogP contribution in [0.2, 0.25) is 0 Å². The number of hydrogen-bond acceptors (Lipinski definition) is 6. The Hall–Kier alpha value is -3.39. The number of ketones is 1. The number of methoxy groups -OCH3 is 2. The number of Topliss-reactive ketones (excluding diaryl/α,β-unsaturated/α-hetero) is 1. The SMILES string of the molecule is COc1cccc(C2C(=C(O)c3cc(F)ccc3OC)C(=O)C(=O)N2CCCN(C)C)c1. The van der Waals surface area contributed by atoms with Gasteiger partial charge in [-0.1, -0.05) is 12.1 Å². The highest BCUT2D eigenvalue weighted by atomic mass is 19.1. The fourth-order valence-electron chi connectivity index (χ4n) is 3.84. The number of amides is 1. The second kappa shape index (κ2) is 9.82. The van der Waals surface area contributed by atoms with Crippen molar-refractivity contribution in [3.63, 3.8) is 0 Å². The highest BCUT2D eigenvalue weighted by molar-refractivity contribution is 6.46. The second-order valence-corrected chi connectivity index (χ2v) is 7.77. The van der Waals surface area contributed by atoms with Crippen molar-refractivity contribution in [2.75, 3.05) is 41.4 Å². The maximum Gasteiger partial charge on any atom is 0.295 e. The summed E-state index contributed by atoms with van der Waals surface area (Å²) >= 11 is 0. The quantitative estimate of drug-likeness (QED) is 0.384. The zero-order valence-electron chi connectivity index (χ0n) is 18.6. The molecule has 0 saturated carbocycles. The van der Waals surface area contributed by atoms with Crippen LogP contribution in [0.5, 0.6) is 11.5 Å². The van der Waals surface area contributed by atoms with Crippen LogP contribution in [0.1, 0.15) is 23.6 Å². The maximum absolute atomic E-state index is 14.0. The van der Waals surface area contributed by atoms with Crippen molar-refractivity contribution in [3.05, 3.63) is 65.0 Å². The lowest BCUT2D eigenvalue weighted by Crippen LogP contribution is -2.32. The van der Waals surface area contributed by atoms with E-state index in [0.29, 0.717) is 30.8 Å². The first kappa shape index (κ1) is 23.3. The molecule has 1 aliphatic rings. The van der Waals surface area contributed by atoms with Crippen LogP contribution in [0, 0.1) is 5.82 Å². The number of nitrogens with zero attached hydrogens (tertiary/aromatic N) is 2. The minimum absolute atomic E-state index is 0.00619. The Bertz CT molecular complexity index is 1050. The molecule has 8 heteroatoms. The third-order valence-electron chi connectivity index (χ3n) is 5.37. The highest BCUT2D eigenvalue weighted by Gasteiger charge is 2.46. The van der Waals surface area contributed by atoms with Crippen LogP contribution in [0.25, 0.3) is 5.76 Å². The van der Waals surface area contributed by atoms with E-state index in [-0.39, 0.29) is 16.9 Å². The van der Waals surface area contributed by atoms with E-state index in [4.69, 9.17) is 9.47 Å². The number of benzene rings is 2. The van der Waals surface area contributed by atoms with Crippen molar-refractivity contribution in [2.24, 2.45) is 0 Å². The zero-order valence-corrected chi connectivity index (χ0v) is 18.6. The molecule has 0 aromatic heterocycles. The molecule has 1 aliphatic heterocycles. The van der Waals surface area contributed by atoms with E-state index in [1.807, 2.05) is 19.0 Å². The molecule has 1 unspecified atom stereocenters. The van der Waals surface area contributed by atoms with Gasteiger partial charge in [0.15, 0.2) is 0 Å². The van der Waals surface area contributed by atoms with Crippen LogP contribution >= 0.6 is 0 Å². The van der Waals surface area contributed by atoms with E-state index in [9.17, 15) is 19.1 Å². The van der Waals surface area contributed by atoms with Gasteiger partial charge in [-0.25, -0.2) is 4.39 Å². The van der Waals surface area contributed by atoms with Gasteiger partial charge in [-0.05, 0) is 63.0 Å². The molecule has 0 spiro atoms. The Labute approximate surface area is 186 Å². The molecule has 0 bridgehead atoms. The number of ether oxygens (including phenoxy) is 2. The first-order valence-electron chi connectivity index (χ1n) is 10.2. The summed E-state index contributed by atoms with van der Waals surface area (Å²) < 4.78 is 24.5. The summed E-state index contributed by atoms with van der Waals surface area (Å²) in [5.41, 5.74) is 0.494. The van der Waals surface area contributed by atoms with E-state index >= 15 is 0 Å². The lowest BCUT2D eigenvalue weighted by Gasteiger charge is -2.26. The number of carbonyl (C=O) groups excluding carboxylic acids is 2. The van der Waals surface area contributed by atoms with Gasteiger partial charge in [0.2, 0.25) is 0 Å². The van der Waals surface area contributed by atoms with Gasteiger partial charge in [-0.15, -0.1) is 0 Å². The average molecular weight is 442 g/mol. The molecule has 7 nitrogen and oxygen atoms in total. The van der Waals surface area contributed by atoms with Crippen molar-refractivity contribution in [2.45, 2.75) is 12.5 Å². The van der Waals surface area contributed by atoms with Gasteiger partial charge in [0, 0.05) is 6.54 Å². The highest BCUT2D eigenvalue weighted by Crippen LogP contribution is 2.41. The van der Waals surface area contributed by atoms with Gasteiger partial charge in [-0.2, -0.15) is 0 Å². The van der Waals surface area contributed by atoms with Crippen molar-refractivity contribution in [3.8, 4) is 11.5 Å². The molecule has 1 fully saturated rings. The number of rotatable bonds is 8. The number of aliphatic hydroxyl groups is 1. The Morgan fingerprint density at radius 3 is 2.53 bits per heavy atom. The molecule has 1 N–H and O–H groups in total. The average Bonchev–Trinajstić information content (AvgIpc) is 3.03. The molecular weight excluding hydrogens is 415 g/mol. The molecule has 1 amide bonds. The fraction of sp³-hybridized carbons (Fsp3) is 0.333. The van der Waals surface area contributed by atoms with Crippen molar-refractivity contribution in [1.29, 1.82) is 0 Å². The summed E-state index contributed by atoms with van der Waals surface area (Å²) in [5.74, 6) is -1.90. The first-order valence-corrected chi connectivity index (χ1v) is 10.2. The van der Waals surface area contributed by atoms with Crippen LogP contribution in [0.4, 0.5) is 4.39 Å². The molecule has 2 aromatic carbocycles. The van der Waals surface area contributed by atoms with E-state index in [1.54, 1.807) is 24.3 Å². The van der Waals surface area contributed by atoms with Crippen molar-refractivity contribution >= 4 is 17.4 Å². The van der Waals surface area contributed by atoms with E-state index in [1.165, 1.54) is 31.3 Å². The number of carbonyl (C=O) groups is 2. The van der Waals surface area contributed by atoms with E-state index in [2.05, 4.69) is 0 Å². The minimum atomic E-state index is -0.847. The summed E-state index contributed by atoms with van der Waals surface area (Å²) in [5, 5.41) is 11.1. The lowest BCUT2D eigenvalue weighted by molar-refractivity contribution is -0.139. The Balaban J connectivity index is 2.17. The summed E-state index contributed by atoms with van der Waals surface area (Å²) in [6.45, 7) is 1.02. The molecule has 3 rings (SSSR count). The monoisotopic (exact) mass is 442 g/mol. The smallest absolute Gasteiger partial charge is 0.295 e. The maximum atomic E-state index is 14.0. The van der Waals surface area contributed by atoms with Gasteiger partial charge in [-0.3, -0.25) is 9.59 Å². The van der Waals surface area contributed by atoms with E-state index in [0.717, 1.165) is 6.07 Å². The van der Waals surface area contributed by atoms with Gasteiger partial charge >= 0.3 is 0 Å². The van der Waals surface area contributed by atoms with Crippen molar-refractivity contribution in [1.82, 2.24) is 9.80 Å². The van der Waals surface area contributed by atoms with E-state index < -0.39 is 29.3 Å². The first-order chi connectivity index (χ1) is 15.3. The topological polar surface area (TPSA) is 79.3 Å². The number of hydrogen-bond donors (Lipinski definition) is 1. The standard InChI is InChI=1S/C24H27FN2O5/c1-26(2)11-6-12-27-21(15-7-5-8-17(13-15)31-3)20(23(29)24(27)30)22(28)18-14-16(25)9-10-19(18)32-4/h5,7-10,13-14,21,28H,6,11-12H2,1-4H3. The summed E-state index contributed by atoms with van der Waals surface area (Å²) in [6, 6.07) is 9.75. The summed E-state index contributed by atoms with van der Waals surface area (Å²) in [6.07, 6.45) is 0.629. The number of halogens is 1. The Kier molecular flexibility index (Phi) is 7.15. The van der Waals surface area contributed by atoms with Gasteiger partial charge in [0.05, 0.1) is 31.4 Å². The van der Waals surface area contributed by atoms with Crippen LogP contribution in [-0.4, -0.2) is 68.0 Å². The number of aliphatic hydroxyl groups excluding tert-OH is 1. The van der Waals surface area contributed by atoms with Crippen LogP contribution in [0.3, 0.4) is 0 Å². The molecule has 0 aliphatic carbocycles. The molecule has 32 heavy (non-hydrogen) atoms. The van der Waals surface area contributed by atoms with Gasteiger partial charge in [0.25, 0.3) is 11.7 Å². The molecule has 1 saturated heterocycles. The van der Waals surface area contributed by atoms with Gasteiger partial charge in [0.1, 0.15) is 23.1 Å². The number of likely N-dealkylation sites (tertiary alicyclic amines) is 1. The Morgan fingerprint density at radius 2 is 1.88 bits per heavy atom. The van der Waals surface area contributed by atoms with Crippen molar-refractivity contribution < 1.29 is 28.6 Å². The van der Waals surface area contributed by atoms with Gasteiger partial charge < -0.3 is 24.4 Å². The van der Waals surface area contributed by atoms with Crippen LogP contribution in [0.15, 0.2) is 48.0 Å². The molecule has 2 aromatic rings. The summed E-state index contributed by atoms with van der Waals surface area (Å²) in [4.78, 5) is 29.5. The minimum Gasteiger partial charge on any atom is -0.507 e. The predicted octanol–water partition coefficient (Wildman–Crippen LogP) is 3.22. The molecule has 170 valence electrons. The second-order valence-electron chi connectivity index (χ2n) is 7.77. The predicted molar refractivity (Wildman–Crippen MR) is 118 cm³/mol. The summed E-state index contributed by atoms with van der Waals surface area (Å²) in [7, 11) is 6.74. The molecular formula is C24H27FN2O5. The Morgan fingerprint density at radius 1 is 1.12 bits per heavy atom. The molecule has 0 radical (unpaired) electrons. The third kappa shape index (κ3) is 4.60.